The molecule has 0 N–H and O–H groups in total. The molecule has 1 fully saturated rings. The Kier molecular flexibility index (Phi) is 5.22. The van der Waals surface area contributed by atoms with Gasteiger partial charge in [0.2, 0.25) is 11.8 Å². The van der Waals surface area contributed by atoms with E-state index in [0.29, 0.717) is 26.1 Å². The number of furan rings is 1. The second kappa shape index (κ2) is 7.55. The summed E-state index contributed by atoms with van der Waals surface area (Å²) < 4.78 is 5.53. The van der Waals surface area contributed by atoms with Gasteiger partial charge in [-0.1, -0.05) is 30.3 Å². The van der Waals surface area contributed by atoms with E-state index in [1.807, 2.05) is 37.3 Å². The number of rotatable bonds is 6. The van der Waals surface area contributed by atoms with E-state index >= 15 is 0 Å². The maximum Gasteiger partial charge on any atom is 0.228 e. The molecular formula is C20H24N2O3. The van der Waals surface area contributed by atoms with E-state index in [0.717, 1.165) is 17.9 Å². The maximum absolute atomic E-state index is 12.6. The number of amides is 2. The van der Waals surface area contributed by atoms with Crippen LogP contribution in [0, 0.1) is 12.8 Å². The molecule has 1 aliphatic heterocycles. The van der Waals surface area contributed by atoms with Crippen molar-refractivity contribution < 1.29 is 14.0 Å². The summed E-state index contributed by atoms with van der Waals surface area (Å²) in [4.78, 5) is 28.3. The van der Waals surface area contributed by atoms with Crippen LogP contribution in [-0.4, -0.2) is 41.8 Å². The number of hydrogen-bond acceptors (Lipinski definition) is 3. The minimum atomic E-state index is -0.260. The van der Waals surface area contributed by atoms with Gasteiger partial charge in [0.05, 0.1) is 12.5 Å². The van der Waals surface area contributed by atoms with Gasteiger partial charge in [-0.05, 0) is 31.0 Å². The number of nitrogens with zero attached hydrogens (tertiary/aromatic N) is 2. The molecule has 2 aromatic rings. The molecule has 3 rings (SSSR count). The van der Waals surface area contributed by atoms with Gasteiger partial charge in [0.25, 0.3) is 0 Å². The molecule has 0 bridgehead atoms. The van der Waals surface area contributed by atoms with E-state index in [4.69, 9.17) is 4.42 Å². The summed E-state index contributed by atoms with van der Waals surface area (Å²) >= 11 is 0. The van der Waals surface area contributed by atoms with E-state index < -0.39 is 0 Å². The molecule has 5 nitrogen and oxygen atoms in total. The van der Waals surface area contributed by atoms with Crippen LogP contribution in [-0.2, 0) is 22.6 Å². The van der Waals surface area contributed by atoms with Gasteiger partial charge in [-0.3, -0.25) is 9.59 Å². The van der Waals surface area contributed by atoms with Crippen LogP contribution in [0.3, 0.4) is 0 Å². The molecule has 2 amide bonds. The van der Waals surface area contributed by atoms with Crippen LogP contribution in [0.2, 0.25) is 0 Å². The Bertz CT molecular complexity index is 738. The third-order valence-electron chi connectivity index (χ3n) is 4.64. The van der Waals surface area contributed by atoms with Gasteiger partial charge in [-0.25, -0.2) is 0 Å². The zero-order valence-electron chi connectivity index (χ0n) is 14.8. The molecule has 0 saturated carbocycles. The van der Waals surface area contributed by atoms with Gasteiger partial charge < -0.3 is 14.2 Å². The molecule has 1 aliphatic rings. The Morgan fingerprint density at radius 1 is 1.24 bits per heavy atom. The van der Waals surface area contributed by atoms with Crippen LogP contribution in [0.5, 0.6) is 0 Å². The van der Waals surface area contributed by atoms with Crippen molar-refractivity contribution in [3.8, 4) is 0 Å². The highest BCUT2D eigenvalue weighted by atomic mass is 16.3. The zero-order chi connectivity index (χ0) is 17.8. The summed E-state index contributed by atoms with van der Waals surface area (Å²) in [5.41, 5.74) is 1.20. The first-order valence-electron chi connectivity index (χ1n) is 8.65. The average Bonchev–Trinajstić information content (AvgIpc) is 3.18. The summed E-state index contributed by atoms with van der Waals surface area (Å²) in [6, 6.07) is 13.9. The van der Waals surface area contributed by atoms with Crippen molar-refractivity contribution in [1.29, 1.82) is 0 Å². The smallest absolute Gasteiger partial charge is 0.228 e. The molecule has 25 heavy (non-hydrogen) atoms. The molecule has 1 saturated heterocycles. The summed E-state index contributed by atoms with van der Waals surface area (Å²) in [6.07, 6.45) is 1.12. The zero-order valence-corrected chi connectivity index (χ0v) is 14.8. The average molecular weight is 340 g/mol. The third-order valence-corrected chi connectivity index (χ3v) is 4.64. The Balaban J connectivity index is 1.53. The minimum absolute atomic E-state index is 0.00427. The Morgan fingerprint density at radius 3 is 2.68 bits per heavy atom. The monoisotopic (exact) mass is 340 g/mol. The molecule has 0 aliphatic carbocycles. The molecule has 0 spiro atoms. The number of hydrogen-bond donors (Lipinski definition) is 0. The minimum Gasteiger partial charge on any atom is -0.464 e. The molecule has 1 aromatic heterocycles. The van der Waals surface area contributed by atoms with Crippen molar-refractivity contribution in [2.75, 3.05) is 20.1 Å². The predicted molar refractivity (Wildman–Crippen MR) is 94.8 cm³/mol. The van der Waals surface area contributed by atoms with Crippen LogP contribution < -0.4 is 0 Å². The van der Waals surface area contributed by atoms with Crippen LogP contribution in [0.25, 0.3) is 0 Å². The van der Waals surface area contributed by atoms with E-state index in [2.05, 4.69) is 12.1 Å². The number of carbonyl (C=O) groups is 2. The van der Waals surface area contributed by atoms with Gasteiger partial charge in [0, 0.05) is 26.6 Å². The molecule has 5 heteroatoms. The van der Waals surface area contributed by atoms with Gasteiger partial charge in [0.15, 0.2) is 0 Å². The Hall–Kier alpha value is -2.56. The van der Waals surface area contributed by atoms with Gasteiger partial charge in [-0.2, -0.15) is 0 Å². The number of carbonyl (C=O) groups excluding carboxylic acids is 2. The maximum atomic E-state index is 12.6. The van der Waals surface area contributed by atoms with Crippen molar-refractivity contribution in [3.05, 3.63) is 59.5 Å². The predicted octanol–water partition coefficient (Wildman–Crippen LogP) is 2.64. The standard InChI is InChI=1S/C20H24N2O3/c1-15-8-9-18(25-15)14-21(2)20(24)17-12-19(23)22(13-17)11-10-16-6-4-3-5-7-16/h3-9,17H,10-14H2,1-2H3/t17-/m1/s1. The fraction of sp³-hybridized carbons (Fsp3) is 0.400. The van der Waals surface area contributed by atoms with Gasteiger partial charge in [0.1, 0.15) is 11.5 Å². The Labute approximate surface area is 148 Å². The quantitative estimate of drug-likeness (QED) is 0.812. The summed E-state index contributed by atoms with van der Waals surface area (Å²) in [7, 11) is 1.76. The normalized spacial score (nSPS) is 17.1. The molecule has 0 radical (unpaired) electrons. The van der Waals surface area contributed by atoms with Crippen LogP contribution in [0.15, 0.2) is 46.9 Å². The van der Waals surface area contributed by atoms with E-state index in [1.54, 1.807) is 16.8 Å². The molecule has 1 atom stereocenters. The van der Waals surface area contributed by atoms with E-state index in [-0.39, 0.29) is 17.7 Å². The number of benzene rings is 1. The van der Waals surface area contributed by atoms with Gasteiger partial charge >= 0.3 is 0 Å². The van der Waals surface area contributed by atoms with Crippen LogP contribution in [0.1, 0.15) is 23.5 Å². The molecule has 1 aromatic carbocycles. The third kappa shape index (κ3) is 4.29. The van der Waals surface area contributed by atoms with E-state index in [9.17, 15) is 9.59 Å². The fourth-order valence-electron chi connectivity index (χ4n) is 3.26. The first kappa shape index (κ1) is 17.3. The lowest BCUT2D eigenvalue weighted by Crippen LogP contribution is -2.34. The first-order valence-corrected chi connectivity index (χ1v) is 8.65. The highest BCUT2D eigenvalue weighted by Gasteiger charge is 2.35. The van der Waals surface area contributed by atoms with Crippen molar-refractivity contribution in [2.45, 2.75) is 26.3 Å². The summed E-state index contributed by atoms with van der Waals surface area (Å²) in [5.74, 6) is 1.41. The lowest BCUT2D eigenvalue weighted by Gasteiger charge is -2.20. The highest BCUT2D eigenvalue weighted by molar-refractivity contribution is 5.89. The first-order chi connectivity index (χ1) is 12.0. The second-order valence-electron chi connectivity index (χ2n) is 6.68. The van der Waals surface area contributed by atoms with Crippen molar-refractivity contribution >= 4 is 11.8 Å². The SMILES string of the molecule is Cc1ccc(CN(C)C(=O)[C@@H]2CC(=O)N(CCc3ccccc3)C2)o1. The van der Waals surface area contributed by atoms with Crippen LogP contribution in [0.4, 0.5) is 0 Å². The fourth-order valence-corrected chi connectivity index (χ4v) is 3.26. The lowest BCUT2D eigenvalue weighted by molar-refractivity contribution is -0.135. The van der Waals surface area contributed by atoms with Crippen molar-refractivity contribution in [1.82, 2.24) is 9.80 Å². The highest BCUT2D eigenvalue weighted by Crippen LogP contribution is 2.21. The Morgan fingerprint density at radius 2 is 2.00 bits per heavy atom. The molecule has 132 valence electrons. The summed E-state index contributed by atoms with van der Waals surface area (Å²) in [5, 5.41) is 0. The second-order valence-corrected chi connectivity index (χ2v) is 6.68. The van der Waals surface area contributed by atoms with Crippen LogP contribution >= 0.6 is 0 Å². The van der Waals surface area contributed by atoms with Crippen molar-refractivity contribution in [3.63, 3.8) is 0 Å². The van der Waals surface area contributed by atoms with E-state index in [1.165, 1.54) is 5.56 Å². The lowest BCUT2D eigenvalue weighted by atomic mass is 10.1. The van der Waals surface area contributed by atoms with Gasteiger partial charge in [-0.15, -0.1) is 0 Å². The topological polar surface area (TPSA) is 53.8 Å². The van der Waals surface area contributed by atoms with Crippen molar-refractivity contribution in [2.24, 2.45) is 5.92 Å². The number of likely N-dealkylation sites (tertiary alicyclic amines) is 1. The molecule has 0 unspecified atom stereocenters. The molecular weight excluding hydrogens is 316 g/mol. The largest absolute Gasteiger partial charge is 0.464 e. The number of aryl methyl sites for hydroxylation is 1. The molecule has 2 heterocycles. The summed E-state index contributed by atoms with van der Waals surface area (Å²) in [6.45, 7) is 3.48.